The normalized spacial score (nSPS) is 33.7. The van der Waals surface area contributed by atoms with Gasteiger partial charge in [0.25, 0.3) is 0 Å². The summed E-state index contributed by atoms with van der Waals surface area (Å²) in [4.78, 5) is 13.2. The molecule has 3 fully saturated rings. The first-order valence-electron chi connectivity index (χ1n) is 24.5. The topological polar surface area (TPSA) is 307 Å². The lowest BCUT2D eigenvalue weighted by Crippen LogP contribution is -2.66. The minimum atomic E-state index is -1.98. The van der Waals surface area contributed by atoms with E-state index in [9.17, 15) is 61.0 Å². The minimum Gasteiger partial charge on any atom is -0.394 e. The molecule has 0 bridgehead atoms. The molecule has 17 atom stereocenters. The van der Waals surface area contributed by atoms with Crippen molar-refractivity contribution in [1.82, 2.24) is 5.32 Å². The molecule has 0 aromatic heterocycles. The zero-order chi connectivity index (χ0) is 49.8. The first-order valence-corrected chi connectivity index (χ1v) is 24.5. The van der Waals surface area contributed by atoms with Gasteiger partial charge < -0.3 is 89.9 Å². The van der Waals surface area contributed by atoms with Crippen molar-refractivity contribution in [3.63, 3.8) is 0 Å². The van der Waals surface area contributed by atoms with Gasteiger partial charge in [-0.3, -0.25) is 4.79 Å². The summed E-state index contributed by atoms with van der Waals surface area (Å²) in [6, 6.07) is -1.00. The first-order chi connectivity index (χ1) is 32.8. The third-order valence-corrected chi connectivity index (χ3v) is 12.1. The number of amides is 1. The van der Waals surface area contributed by atoms with Gasteiger partial charge in [-0.25, -0.2) is 0 Å². The highest BCUT2D eigenvalue weighted by molar-refractivity contribution is 5.76. The Morgan fingerprint density at radius 1 is 0.559 bits per heavy atom. The monoisotopic (exact) mass is 974 g/mol. The summed E-state index contributed by atoms with van der Waals surface area (Å²) in [5, 5.41) is 119. The predicted octanol–water partition coefficient (Wildman–Crippen LogP) is 0.969. The Labute approximate surface area is 401 Å². The quantitative estimate of drug-likeness (QED) is 0.0330. The van der Waals surface area contributed by atoms with Crippen LogP contribution in [-0.2, 0) is 33.2 Å². The van der Waals surface area contributed by atoms with E-state index >= 15 is 0 Å². The molecular weight excluding hydrogens is 891 g/mol. The van der Waals surface area contributed by atoms with Crippen molar-refractivity contribution in [3.05, 3.63) is 60.8 Å². The maximum absolute atomic E-state index is 13.2. The maximum Gasteiger partial charge on any atom is 0.220 e. The summed E-state index contributed by atoms with van der Waals surface area (Å²) in [6.45, 7) is 1.33. The van der Waals surface area contributed by atoms with Gasteiger partial charge in [-0.15, -0.1) is 0 Å². The van der Waals surface area contributed by atoms with E-state index in [0.717, 1.165) is 64.2 Å². The van der Waals surface area contributed by atoms with Crippen LogP contribution in [0.1, 0.15) is 110 Å². The summed E-state index contributed by atoms with van der Waals surface area (Å²) in [5.41, 5.74) is 0. The molecule has 3 heterocycles. The minimum absolute atomic E-state index is 0.212. The van der Waals surface area contributed by atoms with Crippen molar-refractivity contribution < 1.29 is 89.4 Å². The predicted molar refractivity (Wildman–Crippen MR) is 249 cm³/mol. The number of aliphatic hydroxyl groups is 11. The van der Waals surface area contributed by atoms with E-state index in [-0.39, 0.29) is 18.9 Å². The molecular formula is C49H83NO18. The highest BCUT2D eigenvalue weighted by atomic mass is 16.8. The lowest BCUT2D eigenvalue weighted by molar-refractivity contribution is -0.379. The third-order valence-electron chi connectivity index (χ3n) is 12.1. The van der Waals surface area contributed by atoms with E-state index in [1.54, 1.807) is 12.2 Å². The van der Waals surface area contributed by atoms with Crippen LogP contribution in [0.4, 0.5) is 0 Å². The fraction of sp³-hybridized carbons (Fsp3) is 0.776. The summed E-state index contributed by atoms with van der Waals surface area (Å²) in [5.74, 6) is -0.313. The van der Waals surface area contributed by atoms with Gasteiger partial charge in [-0.05, 0) is 64.7 Å². The van der Waals surface area contributed by atoms with Crippen molar-refractivity contribution in [2.24, 2.45) is 0 Å². The number of rotatable bonds is 32. The van der Waals surface area contributed by atoms with Crippen molar-refractivity contribution in [2.75, 3.05) is 26.4 Å². The molecule has 3 aliphatic heterocycles. The number of unbranched alkanes of at least 4 members (excludes halogenated alkanes) is 9. The highest BCUT2D eigenvalue weighted by Gasteiger charge is 2.53. The molecule has 0 saturated carbocycles. The number of nitrogens with one attached hydrogen (secondary N) is 1. The molecule has 3 rings (SSSR count). The standard InChI is InChI=1S/C49H83NO18/c1-3-5-7-9-11-13-14-15-16-17-19-21-23-25-27-37(55)50-32(33(54)26-24-22-20-18-12-10-8-6-4-2)31-63-47-43(61)40(58)45(35(29-52)65-47)68-49-44(62)41(59)46(36(30-53)66-49)67-48-42(60)39(57)38(56)34(28-51)64-48/h4,6,9,11-12,14-15,18,24,26,32-36,38-49,51-54,56-62H,3,5,7-8,10,13,16-17,19-23,25,27-31H2,1-2H3,(H,50,55)/b6-4+,11-9-,15-14-,18-12+,26-24+. The van der Waals surface area contributed by atoms with E-state index in [1.807, 2.05) is 13.0 Å². The zero-order valence-corrected chi connectivity index (χ0v) is 39.8. The molecule has 19 heteroatoms. The van der Waals surface area contributed by atoms with E-state index in [0.29, 0.717) is 12.8 Å². The molecule has 0 radical (unpaired) electrons. The highest BCUT2D eigenvalue weighted by Crippen LogP contribution is 2.33. The van der Waals surface area contributed by atoms with Gasteiger partial charge in [0.05, 0.1) is 38.6 Å². The van der Waals surface area contributed by atoms with Crippen LogP contribution in [0.3, 0.4) is 0 Å². The van der Waals surface area contributed by atoms with Gasteiger partial charge in [-0.2, -0.15) is 0 Å². The van der Waals surface area contributed by atoms with Crippen LogP contribution in [0.5, 0.6) is 0 Å². The van der Waals surface area contributed by atoms with E-state index in [2.05, 4.69) is 54.8 Å². The van der Waals surface area contributed by atoms with Gasteiger partial charge in [-0.1, -0.05) is 99.8 Å². The van der Waals surface area contributed by atoms with E-state index < -0.39 is 124 Å². The van der Waals surface area contributed by atoms with Crippen LogP contribution in [0.25, 0.3) is 0 Å². The van der Waals surface area contributed by atoms with Crippen molar-refractivity contribution >= 4 is 5.91 Å². The number of carbonyl (C=O) groups is 1. The van der Waals surface area contributed by atoms with Crippen LogP contribution in [0.15, 0.2) is 60.8 Å². The molecule has 0 spiro atoms. The molecule has 0 aliphatic carbocycles. The van der Waals surface area contributed by atoms with E-state index in [4.69, 9.17) is 28.4 Å². The SMILES string of the molecule is C/C=C/CC/C=C/CC/C=C/C(O)C(COC1OC(CO)C(OC2OC(CO)C(OC3OC(CO)C(O)C(O)C3O)C(O)C2O)C(O)C1O)NC(=O)CCCCCCC/C=C\C/C=C\CCCC. The Morgan fingerprint density at radius 3 is 1.63 bits per heavy atom. The summed E-state index contributed by atoms with van der Waals surface area (Å²) in [6.07, 6.45) is 6.95. The van der Waals surface area contributed by atoms with Crippen LogP contribution >= 0.6 is 0 Å². The molecule has 0 aromatic carbocycles. The summed E-state index contributed by atoms with van der Waals surface area (Å²) >= 11 is 0. The molecule has 19 nitrogen and oxygen atoms in total. The molecule has 17 unspecified atom stereocenters. The second kappa shape index (κ2) is 34.0. The number of ether oxygens (including phenoxy) is 6. The largest absolute Gasteiger partial charge is 0.394 e. The second-order valence-electron chi connectivity index (χ2n) is 17.6. The zero-order valence-electron chi connectivity index (χ0n) is 39.8. The maximum atomic E-state index is 13.2. The smallest absolute Gasteiger partial charge is 0.220 e. The number of aliphatic hydroxyl groups excluding tert-OH is 11. The molecule has 392 valence electrons. The van der Waals surface area contributed by atoms with Crippen molar-refractivity contribution in [3.8, 4) is 0 Å². The van der Waals surface area contributed by atoms with Gasteiger partial charge in [0.1, 0.15) is 73.2 Å². The number of carbonyl (C=O) groups excluding carboxylic acids is 1. The lowest BCUT2D eigenvalue weighted by atomic mass is 9.96. The molecule has 1 amide bonds. The molecule has 3 saturated heterocycles. The molecule has 12 N–H and O–H groups in total. The summed E-state index contributed by atoms with van der Waals surface area (Å²) in [7, 11) is 0. The Bertz CT molecular complexity index is 1490. The molecule has 0 aromatic rings. The van der Waals surface area contributed by atoms with Gasteiger partial charge >= 0.3 is 0 Å². The number of hydrogen-bond acceptors (Lipinski definition) is 18. The van der Waals surface area contributed by atoms with E-state index in [1.165, 1.54) is 12.8 Å². The van der Waals surface area contributed by atoms with Crippen LogP contribution in [-0.4, -0.2) is 193 Å². The van der Waals surface area contributed by atoms with Gasteiger partial charge in [0.15, 0.2) is 18.9 Å². The Morgan fingerprint density at radius 2 is 1.04 bits per heavy atom. The van der Waals surface area contributed by atoms with Gasteiger partial charge in [0.2, 0.25) is 5.91 Å². The third kappa shape index (κ3) is 19.9. The average molecular weight is 974 g/mol. The fourth-order valence-corrected chi connectivity index (χ4v) is 7.95. The Hall–Kier alpha value is -2.51. The second-order valence-corrected chi connectivity index (χ2v) is 17.6. The number of hydrogen-bond donors (Lipinski definition) is 12. The Kier molecular flexibility index (Phi) is 29.9. The van der Waals surface area contributed by atoms with Crippen molar-refractivity contribution in [1.29, 1.82) is 0 Å². The summed E-state index contributed by atoms with van der Waals surface area (Å²) < 4.78 is 34.0. The fourth-order valence-electron chi connectivity index (χ4n) is 7.95. The molecule has 68 heavy (non-hydrogen) atoms. The van der Waals surface area contributed by atoms with Crippen LogP contribution in [0.2, 0.25) is 0 Å². The number of allylic oxidation sites excluding steroid dienone is 9. The first kappa shape index (κ1) is 59.8. The van der Waals surface area contributed by atoms with Gasteiger partial charge in [0, 0.05) is 6.42 Å². The lowest BCUT2D eigenvalue weighted by Gasteiger charge is -2.48. The average Bonchev–Trinajstić information content (AvgIpc) is 3.33. The molecule has 3 aliphatic rings. The van der Waals surface area contributed by atoms with Crippen LogP contribution in [0, 0.1) is 0 Å². The van der Waals surface area contributed by atoms with Crippen molar-refractivity contribution in [2.45, 2.75) is 214 Å². The Balaban J connectivity index is 1.58. The van der Waals surface area contributed by atoms with Crippen LogP contribution < -0.4 is 5.32 Å².